The fraction of sp³-hybridized carbons (Fsp3) is 0.368. The molecule has 1 fully saturated rings. The van der Waals surface area contributed by atoms with Crippen LogP contribution in [-0.2, 0) is 17.9 Å². The van der Waals surface area contributed by atoms with Crippen LogP contribution in [0.3, 0.4) is 0 Å². The molecule has 4 nitrogen and oxygen atoms in total. The van der Waals surface area contributed by atoms with E-state index in [-0.39, 0.29) is 11.8 Å². The molecule has 0 aliphatic carbocycles. The lowest BCUT2D eigenvalue weighted by molar-refractivity contribution is -0.127. The summed E-state index contributed by atoms with van der Waals surface area (Å²) < 4.78 is 1.10. The van der Waals surface area contributed by atoms with E-state index in [9.17, 15) is 4.79 Å². The van der Waals surface area contributed by atoms with Crippen molar-refractivity contribution in [3.05, 3.63) is 64.4 Å². The molecule has 0 spiro atoms. The minimum absolute atomic E-state index is 0.0645. The number of hydrogen-bond donors (Lipinski definition) is 1. The number of pyridine rings is 1. The molecule has 1 saturated heterocycles. The van der Waals surface area contributed by atoms with Gasteiger partial charge in [0.2, 0.25) is 5.91 Å². The van der Waals surface area contributed by atoms with E-state index < -0.39 is 0 Å². The molecule has 2 heterocycles. The average molecular weight is 388 g/mol. The molecule has 1 aliphatic heterocycles. The lowest BCUT2D eigenvalue weighted by atomic mass is 9.96. The Morgan fingerprint density at radius 3 is 3.00 bits per heavy atom. The largest absolute Gasteiger partial charge is 0.350 e. The number of nitrogens with one attached hydrogen (secondary N) is 1. The normalized spacial score (nSPS) is 18.3. The summed E-state index contributed by atoms with van der Waals surface area (Å²) in [6, 6.07) is 14.1. The van der Waals surface area contributed by atoms with Gasteiger partial charge in [-0.3, -0.25) is 14.7 Å². The monoisotopic (exact) mass is 387 g/mol. The smallest absolute Gasteiger partial charge is 0.224 e. The molecule has 0 saturated carbocycles. The summed E-state index contributed by atoms with van der Waals surface area (Å²) in [4.78, 5) is 19.1. The summed E-state index contributed by atoms with van der Waals surface area (Å²) in [5.74, 6) is 0.203. The summed E-state index contributed by atoms with van der Waals surface area (Å²) in [6.45, 7) is 3.27. The van der Waals surface area contributed by atoms with Crippen LogP contribution in [0.15, 0.2) is 53.1 Å². The molecule has 1 amide bonds. The van der Waals surface area contributed by atoms with Gasteiger partial charge in [0.15, 0.2) is 0 Å². The number of hydrogen-bond acceptors (Lipinski definition) is 3. The molecule has 126 valence electrons. The molecule has 0 bridgehead atoms. The first-order valence-corrected chi connectivity index (χ1v) is 9.14. The van der Waals surface area contributed by atoms with Crippen LogP contribution in [0, 0.1) is 5.92 Å². The van der Waals surface area contributed by atoms with Crippen LogP contribution >= 0.6 is 15.9 Å². The van der Waals surface area contributed by atoms with E-state index in [1.807, 2.05) is 24.3 Å². The minimum atomic E-state index is 0.0645. The van der Waals surface area contributed by atoms with Crippen LogP contribution < -0.4 is 5.32 Å². The second kappa shape index (κ2) is 8.40. The van der Waals surface area contributed by atoms with Crippen molar-refractivity contribution in [1.82, 2.24) is 15.2 Å². The molecular formula is C19H22BrN3O. The van der Waals surface area contributed by atoms with Crippen LogP contribution in [0.1, 0.15) is 24.1 Å². The molecule has 1 aromatic carbocycles. The number of aromatic nitrogens is 1. The van der Waals surface area contributed by atoms with E-state index >= 15 is 0 Å². The quantitative estimate of drug-likeness (QED) is 0.854. The van der Waals surface area contributed by atoms with E-state index in [2.05, 4.69) is 49.3 Å². The Kier molecular flexibility index (Phi) is 5.99. The van der Waals surface area contributed by atoms with Gasteiger partial charge in [-0.15, -0.1) is 0 Å². The first kappa shape index (κ1) is 17.1. The summed E-state index contributed by atoms with van der Waals surface area (Å²) in [5.41, 5.74) is 2.17. The predicted molar refractivity (Wildman–Crippen MR) is 98.2 cm³/mol. The van der Waals surface area contributed by atoms with Crippen LogP contribution in [0.2, 0.25) is 0 Å². The fourth-order valence-corrected chi connectivity index (χ4v) is 3.58. The second-order valence-corrected chi connectivity index (χ2v) is 7.16. The van der Waals surface area contributed by atoms with Gasteiger partial charge in [-0.2, -0.15) is 0 Å². The van der Waals surface area contributed by atoms with E-state index in [4.69, 9.17) is 0 Å². The van der Waals surface area contributed by atoms with Crippen molar-refractivity contribution in [1.29, 1.82) is 0 Å². The van der Waals surface area contributed by atoms with Gasteiger partial charge in [-0.1, -0.05) is 34.1 Å². The Hall–Kier alpha value is -1.72. The molecule has 1 atom stereocenters. The number of benzene rings is 1. The first-order valence-electron chi connectivity index (χ1n) is 8.35. The molecular weight excluding hydrogens is 366 g/mol. The van der Waals surface area contributed by atoms with Gasteiger partial charge in [-0.05, 0) is 49.2 Å². The summed E-state index contributed by atoms with van der Waals surface area (Å²) in [5, 5.41) is 3.03. The molecule has 1 N–H and O–H groups in total. The second-order valence-electron chi connectivity index (χ2n) is 6.24. The van der Waals surface area contributed by atoms with Crippen molar-refractivity contribution in [2.24, 2.45) is 5.92 Å². The van der Waals surface area contributed by atoms with Gasteiger partial charge in [0.1, 0.15) is 0 Å². The fourth-order valence-electron chi connectivity index (χ4n) is 3.13. The van der Waals surface area contributed by atoms with Crippen molar-refractivity contribution in [2.45, 2.75) is 25.9 Å². The zero-order chi connectivity index (χ0) is 16.8. The average Bonchev–Trinajstić information content (AvgIpc) is 2.61. The molecule has 24 heavy (non-hydrogen) atoms. The Balaban J connectivity index is 1.52. The Morgan fingerprint density at radius 1 is 1.29 bits per heavy atom. The standard InChI is InChI=1S/C19H22BrN3O/c20-17-7-3-5-15(11-17)13-23-10-4-6-16(14-23)19(24)22-12-18-8-1-2-9-21-18/h1-3,5,7-9,11,16H,4,6,10,12-14H2,(H,22,24). The van der Waals surface area contributed by atoms with Crippen molar-refractivity contribution < 1.29 is 4.79 Å². The van der Waals surface area contributed by atoms with Crippen LogP contribution in [-0.4, -0.2) is 28.9 Å². The Bertz CT molecular complexity index is 677. The number of piperidine rings is 1. The molecule has 2 aromatic rings. The SMILES string of the molecule is O=C(NCc1ccccn1)C1CCCN(Cc2cccc(Br)c2)C1. The Labute approximate surface area is 151 Å². The summed E-state index contributed by atoms with van der Waals surface area (Å²) in [6.07, 6.45) is 3.78. The van der Waals surface area contributed by atoms with Crippen LogP contribution in [0.4, 0.5) is 0 Å². The highest BCUT2D eigenvalue weighted by atomic mass is 79.9. The number of carbonyl (C=O) groups excluding carboxylic acids is 1. The van der Waals surface area contributed by atoms with Gasteiger partial charge < -0.3 is 5.32 Å². The molecule has 0 radical (unpaired) electrons. The third-order valence-electron chi connectivity index (χ3n) is 4.34. The summed E-state index contributed by atoms with van der Waals surface area (Å²) in [7, 11) is 0. The van der Waals surface area contributed by atoms with Gasteiger partial charge in [-0.25, -0.2) is 0 Å². The molecule has 3 rings (SSSR count). The molecule has 1 unspecified atom stereocenters. The van der Waals surface area contributed by atoms with Crippen molar-refractivity contribution in [3.8, 4) is 0 Å². The van der Waals surface area contributed by atoms with Crippen molar-refractivity contribution in [3.63, 3.8) is 0 Å². The Morgan fingerprint density at radius 2 is 2.21 bits per heavy atom. The van der Waals surface area contributed by atoms with E-state index in [0.717, 1.165) is 42.6 Å². The van der Waals surface area contributed by atoms with Gasteiger partial charge in [0.25, 0.3) is 0 Å². The van der Waals surface area contributed by atoms with Gasteiger partial charge in [0.05, 0.1) is 18.2 Å². The highest BCUT2D eigenvalue weighted by molar-refractivity contribution is 9.10. The number of carbonyl (C=O) groups is 1. The highest BCUT2D eigenvalue weighted by Gasteiger charge is 2.25. The maximum atomic E-state index is 12.5. The maximum Gasteiger partial charge on any atom is 0.224 e. The van der Waals surface area contributed by atoms with Gasteiger partial charge in [0, 0.05) is 23.8 Å². The van der Waals surface area contributed by atoms with E-state index in [0.29, 0.717) is 6.54 Å². The maximum absolute atomic E-state index is 12.5. The number of halogens is 1. The third-order valence-corrected chi connectivity index (χ3v) is 4.83. The predicted octanol–water partition coefficient (Wildman–Crippen LogP) is 3.37. The first-order chi connectivity index (χ1) is 11.7. The van der Waals surface area contributed by atoms with Crippen molar-refractivity contribution >= 4 is 21.8 Å². The number of amides is 1. The lowest BCUT2D eigenvalue weighted by Gasteiger charge is -2.32. The molecule has 5 heteroatoms. The van der Waals surface area contributed by atoms with Crippen LogP contribution in [0.25, 0.3) is 0 Å². The van der Waals surface area contributed by atoms with Gasteiger partial charge >= 0.3 is 0 Å². The minimum Gasteiger partial charge on any atom is -0.350 e. The highest BCUT2D eigenvalue weighted by Crippen LogP contribution is 2.20. The van der Waals surface area contributed by atoms with Crippen LogP contribution in [0.5, 0.6) is 0 Å². The van der Waals surface area contributed by atoms with E-state index in [1.54, 1.807) is 6.20 Å². The number of likely N-dealkylation sites (tertiary alicyclic amines) is 1. The summed E-state index contributed by atoms with van der Waals surface area (Å²) >= 11 is 3.52. The van der Waals surface area contributed by atoms with E-state index in [1.165, 1.54) is 5.56 Å². The zero-order valence-corrected chi connectivity index (χ0v) is 15.2. The number of nitrogens with zero attached hydrogens (tertiary/aromatic N) is 2. The lowest BCUT2D eigenvalue weighted by Crippen LogP contribution is -2.42. The molecule has 1 aromatic heterocycles. The van der Waals surface area contributed by atoms with Crippen molar-refractivity contribution in [2.75, 3.05) is 13.1 Å². The number of rotatable bonds is 5. The molecule has 1 aliphatic rings. The zero-order valence-electron chi connectivity index (χ0n) is 13.6. The topological polar surface area (TPSA) is 45.2 Å². The third kappa shape index (κ3) is 4.89.